The molecule has 2 heterocycles. The molecule has 2 aromatic heterocycles. The summed E-state index contributed by atoms with van der Waals surface area (Å²) in [7, 11) is 0. The van der Waals surface area contributed by atoms with Crippen molar-refractivity contribution in [3.8, 4) is 11.1 Å². The van der Waals surface area contributed by atoms with Gasteiger partial charge in [-0.05, 0) is 29.3 Å². The Bertz CT molecular complexity index is 1840. The topological polar surface area (TPSA) is 28.7 Å². The molecule has 2 nitrogen and oxygen atoms in total. The summed E-state index contributed by atoms with van der Waals surface area (Å²) in [6.45, 7) is 2.15. The molecule has 0 aliphatic heterocycles. The van der Waals surface area contributed by atoms with E-state index in [1.54, 1.807) is 0 Å². The normalized spacial score (nSPS) is 11.9. The second-order valence-corrected chi connectivity index (χ2v) is 8.60. The van der Waals surface area contributed by atoms with Crippen molar-refractivity contribution < 1.29 is 0 Å². The summed E-state index contributed by atoms with van der Waals surface area (Å²) in [6.07, 6.45) is 0. The van der Waals surface area contributed by atoms with Crippen molar-refractivity contribution in [2.75, 3.05) is 0 Å². The molecule has 2 heteroatoms. The van der Waals surface area contributed by atoms with Crippen LogP contribution in [0, 0.1) is 6.92 Å². The molecule has 0 amide bonds. The van der Waals surface area contributed by atoms with Crippen molar-refractivity contribution in [1.82, 2.24) is 9.97 Å². The van der Waals surface area contributed by atoms with Crippen LogP contribution in [0.5, 0.6) is 0 Å². The Balaban J connectivity index is 1.76. The minimum Gasteiger partial charge on any atom is -0.352 e. The van der Waals surface area contributed by atoms with Gasteiger partial charge >= 0.3 is 0 Å². The molecule has 0 fully saturated rings. The molecule has 0 unspecified atom stereocenters. The molecule has 5 aromatic carbocycles. The number of fused-ring (bicyclic) bond motifs is 8. The average molecular weight is 409 g/mol. The lowest BCUT2D eigenvalue weighted by molar-refractivity contribution is 1.46. The Morgan fingerprint density at radius 2 is 1.28 bits per heavy atom. The minimum absolute atomic E-state index is 1.03. The van der Waals surface area contributed by atoms with E-state index in [9.17, 15) is 0 Å². The highest BCUT2D eigenvalue weighted by molar-refractivity contribution is 6.23. The van der Waals surface area contributed by atoms with Crippen LogP contribution in [0.1, 0.15) is 5.56 Å². The number of aryl methyl sites for hydroxylation is 1. The van der Waals surface area contributed by atoms with Gasteiger partial charge in [0, 0.05) is 27.1 Å². The van der Waals surface area contributed by atoms with Crippen LogP contribution in [0.2, 0.25) is 0 Å². The van der Waals surface area contributed by atoms with Gasteiger partial charge in [-0.15, -0.1) is 0 Å². The molecule has 7 rings (SSSR count). The molecular formula is C30H20N2. The summed E-state index contributed by atoms with van der Waals surface area (Å²) >= 11 is 0. The van der Waals surface area contributed by atoms with Gasteiger partial charge in [0.05, 0.1) is 22.1 Å². The number of hydrogen-bond donors (Lipinski definition) is 1. The second kappa shape index (κ2) is 6.41. The molecule has 0 radical (unpaired) electrons. The first-order valence-electron chi connectivity index (χ1n) is 11.0. The van der Waals surface area contributed by atoms with E-state index in [1.807, 2.05) is 0 Å². The molecule has 0 spiro atoms. The number of pyridine rings is 1. The molecule has 32 heavy (non-hydrogen) atoms. The molecule has 0 aliphatic rings. The fourth-order valence-electron chi connectivity index (χ4n) is 5.14. The Morgan fingerprint density at radius 3 is 2.09 bits per heavy atom. The van der Waals surface area contributed by atoms with Crippen molar-refractivity contribution >= 4 is 54.4 Å². The zero-order valence-corrected chi connectivity index (χ0v) is 17.7. The van der Waals surface area contributed by atoms with Gasteiger partial charge < -0.3 is 4.98 Å². The van der Waals surface area contributed by atoms with Crippen LogP contribution >= 0.6 is 0 Å². The van der Waals surface area contributed by atoms with Crippen molar-refractivity contribution in [2.45, 2.75) is 6.92 Å². The molecule has 150 valence electrons. The fraction of sp³-hybridized carbons (Fsp3) is 0.0333. The van der Waals surface area contributed by atoms with E-state index in [4.69, 9.17) is 4.98 Å². The molecule has 0 atom stereocenters. The van der Waals surface area contributed by atoms with E-state index in [0.717, 1.165) is 22.1 Å². The Kier molecular flexibility index (Phi) is 3.51. The minimum atomic E-state index is 1.03. The van der Waals surface area contributed by atoms with Gasteiger partial charge in [-0.3, -0.25) is 0 Å². The summed E-state index contributed by atoms with van der Waals surface area (Å²) < 4.78 is 0. The highest BCUT2D eigenvalue weighted by atomic mass is 14.8. The van der Waals surface area contributed by atoms with Gasteiger partial charge in [-0.2, -0.15) is 0 Å². The molecule has 7 aromatic rings. The Labute approximate surface area is 185 Å². The van der Waals surface area contributed by atoms with Gasteiger partial charge in [0.2, 0.25) is 0 Å². The zero-order valence-electron chi connectivity index (χ0n) is 17.7. The van der Waals surface area contributed by atoms with E-state index < -0.39 is 0 Å². The van der Waals surface area contributed by atoms with E-state index in [2.05, 4.69) is 109 Å². The van der Waals surface area contributed by atoms with Crippen molar-refractivity contribution in [2.24, 2.45) is 0 Å². The fourth-order valence-corrected chi connectivity index (χ4v) is 5.14. The van der Waals surface area contributed by atoms with E-state index in [-0.39, 0.29) is 0 Å². The van der Waals surface area contributed by atoms with Gasteiger partial charge in [0.15, 0.2) is 0 Å². The highest BCUT2D eigenvalue weighted by Gasteiger charge is 2.18. The maximum absolute atomic E-state index is 5.28. The Hall–Kier alpha value is -4.17. The predicted octanol–water partition coefficient (Wildman–Crippen LogP) is 8.15. The molecular weight excluding hydrogens is 388 g/mol. The lowest BCUT2D eigenvalue weighted by Gasteiger charge is -2.11. The van der Waals surface area contributed by atoms with E-state index in [0.29, 0.717) is 0 Å². The number of hydrogen-bond acceptors (Lipinski definition) is 1. The first-order valence-corrected chi connectivity index (χ1v) is 11.0. The predicted molar refractivity (Wildman–Crippen MR) is 136 cm³/mol. The molecule has 0 bridgehead atoms. The van der Waals surface area contributed by atoms with Crippen LogP contribution in [0.3, 0.4) is 0 Å². The van der Waals surface area contributed by atoms with Gasteiger partial charge in [0.25, 0.3) is 0 Å². The lowest BCUT2D eigenvalue weighted by atomic mass is 9.95. The average Bonchev–Trinajstić information content (AvgIpc) is 3.21. The molecule has 1 N–H and O–H groups in total. The third-order valence-electron chi connectivity index (χ3n) is 6.62. The number of aromatic amines is 1. The number of nitrogens with zero attached hydrogens (tertiary/aromatic N) is 1. The van der Waals surface area contributed by atoms with Crippen LogP contribution < -0.4 is 0 Å². The third kappa shape index (κ3) is 2.38. The number of benzene rings is 5. The summed E-state index contributed by atoms with van der Waals surface area (Å²) in [5.74, 6) is 0. The zero-order chi connectivity index (χ0) is 21.2. The first-order chi connectivity index (χ1) is 15.8. The van der Waals surface area contributed by atoms with Crippen LogP contribution in [-0.2, 0) is 0 Å². The highest BCUT2D eigenvalue weighted by Crippen LogP contribution is 2.41. The second-order valence-electron chi connectivity index (χ2n) is 8.60. The van der Waals surface area contributed by atoms with Crippen LogP contribution in [0.15, 0.2) is 97.1 Å². The maximum atomic E-state index is 5.28. The quantitative estimate of drug-likeness (QED) is 0.273. The summed E-state index contributed by atoms with van der Waals surface area (Å²) in [5, 5.41) is 7.22. The van der Waals surface area contributed by atoms with Gasteiger partial charge in [0.1, 0.15) is 0 Å². The number of aromatic nitrogens is 2. The van der Waals surface area contributed by atoms with Crippen molar-refractivity contribution in [1.29, 1.82) is 0 Å². The third-order valence-corrected chi connectivity index (χ3v) is 6.62. The maximum Gasteiger partial charge on any atom is 0.0972 e. The SMILES string of the molecule is Cc1cccc(-c2c3ccc4ccccc4c3nc3c2[nH]c2c4ccccc4ccc32)c1. The smallest absolute Gasteiger partial charge is 0.0972 e. The van der Waals surface area contributed by atoms with Crippen LogP contribution in [0.4, 0.5) is 0 Å². The van der Waals surface area contributed by atoms with E-state index in [1.165, 1.54) is 49.0 Å². The Morgan fingerprint density at radius 1 is 0.562 bits per heavy atom. The van der Waals surface area contributed by atoms with Crippen molar-refractivity contribution in [3.63, 3.8) is 0 Å². The standard InChI is InChI=1S/C30H20N2/c1-18-7-6-10-21(17-18)26-24-15-13-19-8-2-4-11-22(19)27(24)31-29-25-16-14-20-9-3-5-12-23(20)28(25)32-30(26)29/h2-17,32H,1H3. The number of H-pyrrole nitrogens is 1. The monoisotopic (exact) mass is 408 g/mol. The summed E-state index contributed by atoms with van der Waals surface area (Å²) in [6, 6.07) is 34.7. The number of rotatable bonds is 1. The molecule has 0 saturated carbocycles. The molecule has 0 aliphatic carbocycles. The van der Waals surface area contributed by atoms with Crippen LogP contribution in [0.25, 0.3) is 65.5 Å². The summed E-state index contributed by atoms with van der Waals surface area (Å²) in [5.41, 5.74) is 8.03. The number of nitrogens with one attached hydrogen (secondary N) is 1. The first kappa shape index (κ1) is 17.5. The molecule has 0 saturated heterocycles. The summed E-state index contributed by atoms with van der Waals surface area (Å²) in [4.78, 5) is 9.06. The van der Waals surface area contributed by atoms with E-state index >= 15 is 0 Å². The van der Waals surface area contributed by atoms with Gasteiger partial charge in [-0.25, -0.2) is 4.98 Å². The van der Waals surface area contributed by atoms with Crippen LogP contribution in [-0.4, -0.2) is 9.97 Å². The van der Waals surface area contributed by atoms with Crippen molar-refractivity contribution in [3.05, 3.63) is 103 Å². The largest absolute Gasteiger partial charge is 0.352 e. The lowest BCUT2D eigenvalue weighted by Crippen LogP contribution is -1.90. The van der Waals surface area contributed by atoms with Gasteiger partial charge in [-0.1, -0.05) is 96.6 Å².